The van der Waals surface area contributed by atoms with Crippen molar-refractivity contribution < 1.29 is 9.18 Å². The van der Waals surface area contributed by atoms with Crippen molar-refractivity contribution in [2.45, 2.75) is 19.9 Å². The lowest BCUT2D eigenvalue weighted by Crippen LogP contribution is -2.47. The van der Waals surface area contributed by atoms with Crippen molar-refractivity contribution in [3.05, 3.63) is 48.4 Å². The molecule has 0 saturated carbocycles. The van der Waals surface area contributed by atoms with Gasteiger partial charge in [-0.1, -0.05) is 12.1 Å². The maximum Gasteiger partial charge on any atom is 0.319 e. The number of urea groups is 1. The molecule has 0 atom stereocenters. The number of nitrogens with one attached hydrogen (secondary N) is 2. The number of aromatic nitrogens is 1. The summed E-state index contributed by atoms with van der Waals surface area (Å²) >= 11 is 0. The second-order valence-electron chi connectivity index (χ2n) is 6.58. The Hall–Kier alpha value is -2.83. The Bertz CT molecular complexity index is 742. The first-order valence-corrected chi connectivity index (χ1v) is 8.81. The standard InChI is InChI=1S/C19H24FN5O/c1-14(2)22-19(26)23-15-7-8-18(21-13-15)25-11-9-24(10-12-25)17-6-4-3-5-16(17)20/h3-8,13-14H,9-12H2,1-2H3,(H2,22,23,26). The molecule has 2 aromatic rings. The molecular formula is C19H24FN5O. The van der Waals surface area contributed by atoms with Crippen molar-refractivity contribution >= 4 is 23.2 Å². The molecule has 1 fully saturated rings. The Labute approximate surface area is 153 Å². The van der Waals surface area contributed by atoms with Crippen LogP contribution in [0.2, 0.25) is 0 Å². The van der Waals surface area contributed by atoms with Crippen molar-refractivity contribution in [1.29, 1.82) is 0 Å². The number of nitrogens with zero attached hydrogens (tertiary/aromatic N) is 3. The average Bonchev–Trinajstić information content (AvgIpc) is 2.62. The van der Waals surface area contributed by atoms with E-state index >= 15 is 0 Å². The maximum absolute atomic E-state index is 13.9. The van der Waals surface area contributed by atoms with E-state index in [0.717, 1.165) is 32.0 Å². The highest BCUT2D eigenvalue weighted by Crippen LogP contribution is 2.22. The molecule has 0 spiro atoms. The quantitative estimate of drug-likeness (QED) is 0.883. The van der Waals surface area contributed by atoms with Gasteiger partial charge in [-0.15, -0.1) is 0 Å². The summed E-state index contributed by atoms with van der Waals surface area (Å²) in [5, 5.41) is 5.53. The van der Waals surface area contributed by atoms with Crippen molar-refractivity contribution in [2.24, 2.45) is 0 Å². The molecule has 0 unspecified atom stereocenters. The second-order valence-corrected chi connectivity index (χ2v) is 6.58. The molecule has 1 aliphatic heterocycles. The number of hydrogen-bond acceptors (Lipinski definition) is 4. The fraction of sp³-hybridized carbons (Fsp3) is 0.368. The van der Waals surface area contributed by atoms with Crippen LogP contribution in [0.1, 0.15) is 13.8 Å². The molecule has 6 nitrogen and oxygen atoms in total. The topological polar surface area (TPSA) is 60.5 Å². The monoisotopic (exact) mass is 357 g/mol. The molecular weight excluding hydrogens is 333 g/mol. The van der Waals surface area contributed by atoms with Crippen LogP contribution in [0.5, 0.6) is 0 Å². The minimum absolute atomic E-state index is 0.0768. The van der Waals surface area contributed by atoms with Gasteiger partial charge in [-0.05, 0) is 38.1 Å². The van der Waals surface area contributed by atoms with Crippen molar-refractivity contribution in [3.8, 4) is 0 Å². The largest absolute Gasteiger partial charge is 0.366 e. The van der Waals surface area contributed by atoms with Gasteiger partial charge in [0.25, 0.3) is 0 Å². The first-order valence-electron chi connectivity index (χ1n) is 8.81. The maximum atomic E-state index is 13.9. The summed E-state index contributed by atoms with van der Waals surface area (Å²) in [4.78, 5) is 20.4. The first-order chi connectivity index (χ1) is 12.5. The van der Waals surface area contributed by atoms with Crippen LogP contribution >= 0.6 is 0 Å². The fourth-order valence-electron chi connectivity index (χ4n) is 2.96. The molecule has 138 valence electrons. The van der Waals surface area contributed by atoms with Gasteiger partial charge in [0.2, 0.25) is 0 Å². The Morgan fingerprint density at radius 2 is 1.77 bits per heavy atom. The van der Waals surface area contributed by atoms with E-state index in [1.807, 2.05) is 38.1 Å². The third kappa shape index (κ3) is 4.41. The smallest absolute Gasteiger partial charge is 0.319 e. The van der Waals surface area contributed by atoms with Crippen LogP contribution < -0.4 is 20.4 Å². The second kappa shape index (κ2) is 8.03. The molecule has 1 saturated heterocycles. The van der Waals surface area contributed by atoms with Crippen LogP contribution in [0.15, 0.2) is 42.6 Å². The van der Waals surface area contributed by atoms with Crippen molar-refractivity contribution in [3.63, 3.8) is 0 Å². The lowest BCUT2D eigenvalue weighted by atomic mass is 10.2. The molecule has 26 heavy (non-hydrogen) atoms. The third-order valence-electron chi connectivity index (χ3n) is 4.22. The average molecular weight is 357 g/mol. The third-order valence-corrected chi connectivity index (χ3v) is 4.22. The SMILES string of the molecule is CC(C)NC(=O)Nc1ccc(N2CCN(c3ccccc3F)CC2)nc1. The van der Waals surface area contributed by atoms with Gasteiger partial charge in [0.05, 0.1) is 17.6 Å². The zero-order valence-electron chi connectivity index (χ0n) is 15.1. The highest BCUT2D eigenvalue weighted by molar-refractivity contribution is 5.89. The van der Waals surface area contributed by atoms with E-state index in [1.165, 1.54) is 6.07 Å². The summed E-state index contributed by atoms with van der Waals surface area (Å²) in [6.45, 7) is 6.81. The molecule has 3 rings (SSSR count). The molecule has 1 aromatic carbocycles. The Kier molecular flexibility index (Phi) is 5.55. The normalized spacial score (nSPS) is 14.5. The van der Waals surface area contributed by atoms with Gasteiger partial charge < -0.3 is 20.4 Å². The van der Waals surface area contributed by atoms with Crippen LogP contribution in [0, 0.1) is 5.82 Å². The molecule has 7 heteroatoms. The van der Waals surface area contributed by atoms with Crippen LogP contribution in [-0.2, 0) is 0 Å². The van der Waals surface area contributed by atoms with E-state index in [1.54, 1.807) is 12.3 Å². The minimum Gasteiger partial charge on any atom is -0.366 e. The van der Waals surface area contributed by atoms with Gasteiger partial charge in [-0.25, -0.2) is 14.2 Å². The highest BCUT2D eigenvalue weighted by atomic mass is 19.1. The summed E-state index contributed by atoms with van der Waals surface area (Å²) in [6, 6.07) is 10.4. The molecule has 0 radical (unpaired) electrons. The summed E-state index contributed by atoms with van der Waals surface area (Å²) in [5.41, 5.74) is 1.30. The lowest BCUT2D eigenvalue weighted by Gasteiger charge is -2.36. The lowest BCUT2D eigenvalue weighted by molar-refractivity contribution is 0.250. The van der Waals surface area contributed by atoms with Gasteiger partial charge >= 0.3 is 6.03 Å². The number of para-hydroxylation sites is 1. The highest BCUT2D eigenvalue weighted by Gasteiger charge is 2.20. The number of benzene rings is 1. The van der Waals surface area contributed by atoms with E-state index in [0.29, 0.717) is 11.4 Å². The van der Waals surface area contributed by atoms with Crippen molar-refractivity contribution in [2.75, 3.05) is 41.3 Å². The minimum atomic E-state index is -0.243. The van der Waals surface area contributed by atoms with Crippen LogP contribution in [0.4, 0.5) is 26.4 Å². The van der Waals surface area contributed by atoms with E-state index in [2.05, 4.69) is 25.4 Å². The molecule has 0 aliphatic carbocycles. The molecule has 2 heterocycles. The predicted molar refractivity (Wildman–Crippen MR) is 102 cm³/mol. The zero-order chi connectivity index (χ0) is 18.5. The number of hydrogen-bond donors (Lipinski definition) is 2. The van der Waals surface area contributed by atoms with E-state index in [-0.39, 0.29) is 17.9 Å². The summed E-state index contributed by atoms with van der Waals surface area (Å²) in [5.74, 6) is 0.669. The number of carbonyl (C=O) groups is 1. The van der Waals surface area contributed by atoms with E-state index < -0.39 is 0 Å². The van der Waals surface area contributed by atoms with Gasteiger partial charge in [0.15, 0.2) is 0 Å². The molecule has 1 aromatic heterocycles. The summed E-state index contributed by atoms with van der Waals surface area (Å²) in [6.07, 6.45) is 1.65. The van der Waals surface area contributed by atoms with Gasteiger partial charge in [-0.2, -0.15) is 0 Å². The number of pyridine rings is 1. The molecule has 2 amide bonds. The predicted octanol–water partition coefficient (Wildman–Crippen LogP) is 3.08. The Balaban J connectivity index is 1.56. The van der Waals surface area contributed by atoms with Crippen LogP contribution in [-0.4, -0.2) is 43.2 Å². The number of carbonyl (C=O) groups excluding carboxylic acids is 1. The summed E-state index contributed by atoms with van der Waals surface area (Å²) < 4.78 is 13.9. The number of piperazine rings is 1. The van der Waals surface area contributed by atoms with Crippen LogP contribution in [0.25, 0.3) is 0 Å². The number of rotatable bonds is 4. The molecule has 0 bridgehead atoms. The van der Waals surface area contributed by atoms with Gasteiger partial charge in [-0.3, -0.25) is 0 Å². The van der Waals surface area contributed by atoms with E-state index in [9.17, 15) is 9.18 Å². The Morgan fingerprint density at radius 3 is 2.38 bits per heavy atom. The van der Waals surface area contributed by atoms with Gasteiger partial charge in [0.1, 0.15) is 11.6 Å². The number of anilines is 3. The Morgan fingerprint density at radius 1 is 1.08 bits per heavy atom. The zero-order valence-corrected chi connectivity index (χ0v) is 15.1. The molecule has 1 aliphatic rings. The molecule has 2 N–H and O–H groups in total. The first kappa shape index (κ1) is 18.0. The number of amides is 2. The van der Waals surface area contributed by atoms with Crippen LogP contribution in [0.3, 0.4) is 0 Å². The van der Waals surface area contributed by atoms with Crippen molar-refractivity contribution in [1.82, 2.24) is 10.3 Å². The van der Waals surface area contributed by atoms with E-state index in [4.69, 9.17) is 0 Å². The summed E-state index contributed by atoms with van der Waals surface area (Å²) in [7, 11) is 0. The van der Waals surface area contributed by atoms with Gasteiger partial charge in [0, 0.05) is 32.2 Å². The fourth-order valence-corrected chi connectivity index (χ4v) is 2.96. The number of halogens is 1.